The van der Waals surface area contributed by atoms with Crippen LogP contribution < -0.4 is 10.3 Å². The predicted octanol–water partition coefficient (Wildman–Crippen LogP) is 5.51. The molecule has 8 heteroatoms. The van der Waals surface area contributed by atoms with Gasteiger partial charge in [-0.05, 0) is 55.9 Å². The van der Waals surface area contributed by atoms with Gasteiger partial charge in [-0.1, -0.05) is 52.9 Å². The average Bonchev–Trinajstić information content (AvgIpc) is 3.08. The molecule has 0 atom stereocenters. The summed E-state index contributed by atoms with van der Waals surface area (Å²) >= 11 is 8.42. The summed E-state index contributed by atoms with van der Waals surface area (Å²) < 4.78 is 10.2. The fraction of sp³-hybridized carbons (Fsp3) is 0.227. The molecule has 0 amide bonds. The topological polar surface area (TPSA) is 49.0 Å². The molecular weight excluding hydrogens is 434 g/mol. The Morgan fingerprint density at radius 3 is 2.50 bits per heavy atom. The number of aryl methyl sites for hydroxylation is 1. The summed E-state index contributed by atoms with van der Waals surface area (Å²) in [5.74, 6) is 1.53. The molecule has 0 saturated carbocycles. The second-order valence-electron chi connectivity index (χ2n) is 6.82. The van der Waals surface area contributed by atoms with Crippen molar-refractivity contribution in [2.45, 2.75) is 24.8 Å². The van der Waals surface area contributed by atoms with Gasteiger partial charge in [0.1, 0.15) is 10.4 Å². The van der Waals surface area contributed by atoms with Gasteiger partial charge in [0.2, 0.25) is 0 Å². The van der Waals surface area contributed by atoms with Crippen molar-refractivity contribution in [2.75, 3.05) is 6.61 Å². The molecule has 4 aromatic rings. The standard InChI is InChI=1S/C22H21N3O2S3/c1-4-27-17-11-9-16(10-12-17)25-19-18(30-22(25)28)20(26)24(3)21(23-19)29-13-15-7-5-14(2)6-8-15/h5-12H,4,13H2,1-3H3. The number of hydrogen-bond acceptors (Lipinski definition) is 6. The zero-order valence-corrected chi connectivity index (χ0v) is 19.4. The van der Waals surface area contributed by atoms with E-state index in [1.165, 1.54) is 22.5 Å². The van der Waals surface area contributed by atoms with Crippen LogP contribution in [0.3, 0.4) is 0 Å². The summed E-state index contributed by atoms with van der Waals surface area (Å²) in [6.07, 6.45) is 0. The molecule has 0 saturated heterocycles. The van der Waals surface area contributed by atoms with Crippen molar-refractivity contribution in [3.63, 3.8) is 0 Å². The van der Waals surface area contributed by atoms with Gasteiger partial charge in [0.25, 0.3) is 5.56 Å². The van der Waals surface area contributed by atoms with Gasteiger partial charge in [-0.15, -0.1) is 0 Å². The van der Waals surface area contributed by atoms with Crippen molar-refractivity contribution in [1.82, 2.24) is 14.1 Å². The van der Waals surface area contributed by atoms with Crippen LogP contribution in [0.25, 0.3) is 16.0 Å². The first-order valence-corrected chi connectivity index (χ1v) is 11.7. The third-order valence-corrected chi connectivity index (χ3v) is 7.12. The fourth-order valence-corrected chi connectivity index (χ4v) is 5.33. The number of benzene rings is 2. The van der Waals surface area contributed by atoms with Gasteiger partial charge in [-0.3, -0.25) is 13.9 Å². The molecule has 0 aliphatic carbocycles. The van der Waals surface area contributed by atoms with E-state index >= 15 is 0 Å². The Morgan fingerprint density at radius 2 is 1.83 bits per heavy atom. The van der Waals surface area contributed by atoms with Crippen LogP contribution in [0.2, 0.25) is 0 Å². The highest BCUT2D eigenvalue weighted by Crippen LogP contribution is 2.27. The molecule has 2 aromatic carbocycles. The number of fused-ring (bicyclic) bond motifs is 1. The molecule has 0 unspecified atom stereocenters. The molecule has 5 nitrogen and oxygen atoms in total. The molecule has 0 spiro atoms. The lowest BCUT2D eigenvalue weighted by molar-refractivity contribution is 0.340. The molecular formula is C22H21N3O2S3. The molecule has 0 aliphatic heterocycles. The minimum absolute atomic E-state index is 0.0767. The number of thiazole rings is 1. The van der Waals surface area contributed by atoms with Crippen molar-refractivity contribution in [2.24, 2.45) is 7.05 Å². The Kier molecular flexibility index (Phi) is 6.08. The predicted molar refractivity (Wildman–Crippen MR) is 127 cm³/mol. The first kappa shape index (κ1) is 20.8. The Hall–Kier alpha value is -2.42. The molecule has 2 heterocycles. The highest BCUT2D eigenvalue weighted by Gasteiger charge is 2.16. The lowest BCUT2D eigenvalue weighted by atomic mass is 10.2. The summed E-state index contributed by atoms with van der Waals surface area (Å²) in [5.41, 5.74) is 3.80. The van der Waals surface area contributed by atoms with Gasteiger partial charge in [0.05, 0.1) is 6.61 Å². The van der Waals surface area contributed by atoms with Crippen molar-refractivity contribution < 1.29 is 4.74 Å². The zero-order valence-electron chi connectivity index (χ0n) is 16.9. The Morgan fingerprint density at radius 1 is 1.13 bits per heavy atom. The van der Waals surface area contributed by atoms with E-state index in [1.807, 2.05) is 35.8 Å². The van der Waals surface area contributed by atoms with Crippen LogP contribution >= 0.6 is 35.3 Å². The Bertz CT molecular complexity index is 1300. The summed E-state index contributed by atoms with van der Waals surface area (Å²) in [6.45, 7) is 4.63. The number of nitrogens with zero attached hydrogens (tertiary/aromatic N) is 3. The van der Waals surface area contributed by atoms with Crippen LogP contribution in [-0.4, -0.2) is 20.7 Å². The number of hydrogen-bond donors (Lipinski definition) is 0. The Labute approximate surface area is 188 Å². The smallest absolute Gasteiger partial charge is 0.273 e. The SMILES string of the molecule is CCOc1ccc(-n2c(=S)sc3c(=O)n(C)c(SCc4ccc(C)cc4)nc32)cc1. The third kappa shape index (κ3) is 4.08. The summed E-state index contributed by atoms with van der Waals surface area (Å²) in [5, 5.41) is 0.667. The van der Waals surface area contributed by atoms with Gasteiger partial charge in [-0.25, -0.2) is 4.98 Å². The van der Waals surface area contributed by atoms with Crippen LogP contribution in [0.15, 0.2) is 58.5 Å². The maximum Gasteiger partial charge on any atom is 0.273 e. The number of thioether (sulfide) groups is 1. The molecule has 30 heavy (non-hydrogen) atoms. The Balaban J connectivity index is 1.75. The second kappa shape index (κ2) is 8.75. The van der Waals surface area contributed by atoms with Crippen molar-refractivity contribution >= 4 is 45.7 Å². The van der Waals surface area contributed by atoms with Crippen LogP contribution in [0.5, 0.6) is 5.75 Å². The molecule has 0 aliphatic rings. The molecule has 4 rings (SSSR count). The normalized spacial score (nSPS) is 11.2. The summed E-state index contributed by atoms with van der Waals surface area (Å²) in [7, 11) is 1.76. The van der Waals surface area contributed by atoms with Gasteiger partial charge in [0.15, 0.2) is 14.8 Å². The van der Waals surface area contributed by atoms with E-state index in [0.29, 0.717) is 26.1 Å². The highest BCUT2D eigenvalue weighted by atomic mass is 32.2. The van der Waals surface area contributed by atoms with Gasteiger partial charge < -0.3 is 4.74 Å². The maximum absolute atomic E-state index is 13.0. The largest absolute Gasteiger partial charge is 0.494 e. The molecule has 154 valence electrons. The van der Waals surface area contributed by atoms with Gasteiger partial charge in [0, 0.05) is 18.5 Å². The van der Waals surface area contributed by atoms with Crippen molar-refractivity contribution in [3.8, 4) is 11.4 Å². The maximum atomic E-state index is 13.0. The van der Waals surface area contributed by atoms with E-state index in [2.05, 4.69) is 31.2 Å². The van der Waals surface area contributed by atoms with E-state index in [-0.39, 0.29) is 5.56 Å². The van der Waals surface area contributed by atoms with Crippen molar-refractivity contribution in [3.05, 3.63) is 74.0 Å². The van der Waals surface area contributed by atoms with E-state index < -0.39 is 0 Å². The minimum Gasteiger partial charge on any atom is -0.494 e. The van der Waals surface area contributed by atoms with E-state index in [1.54, 1.807) is 23.4 Å². The van der Waals surface area contributed by atoms with Gasteiger partial charge >= 0.3 is 0 Å². The summed E-state index contributed by atoms with van der Waals surface area (Å²) in [4.78, 5) is 17.8. The molecule has 0 fully saturated rings. The first-order valence-electron chi connectivity index (χ1n) is 9.52. The monoisotopic (exact) mass is 455 g/mol. The van der Waals surface area contributed by atoms with Crippen LogP contribution in [0.1, 0.15) is 18.1 Å². The molecule has 0 radical (unpaired) electrons. The number of ether oxygens (including phenoxy) is 1. The quantitative estimate of drug-likeness (QED) is 0.218. The fourth-order valence-electron chi connectivity index (χ4n) is 3.06. The van der Waals surface area contributed by atoms with Crippen LogP contribution in [0.4, 0.5) is 0 Å². The second-order valence-corrected chi connectivity index (χ2v) is 9.40. The highest BCUT2D eigenvalue weighted by molar-refractivity contribution is 7.98. The lowest BCUT2D eigenvalue weighted by Crippen LogP contribution is -2.19. The van der Waals surface area contributed by atoms with E-state index in [0.717, 1.165) is 17.2 Å². The molecule has 0 bridgehead atoms. The first-order chi connectivity index (χ1) is 14.5. The van der Waals surface area contributed by atoms with Gasteiger partial charge in [-0.2, -0.15) is 0 Å². The zero-order chi connectivity index (χ0) is 21.3. The average molecular weight is 456 g/mol. The molecule has 0 N–H and O–H groups in total. The molecule has 2 aromatic heterocycles. The van der Waals surface area contributed by atoms with E-state index in [9.17, 15) is 4.79 Å². The van der Waals surface area contributed by atoms with Crippen LogP contribution in [0, 0.1) is 10.9 Å². The number of aromatic nitrogens is 3. The van der Waals surface area contributed by atoms with E-state index in [4.69, 9.17) is 21.9 Å². The third-order valence-electron chi connectivity index (χ3n) is 4.67. The van der Waals surface area contributed by atoms with Crippen molar-refractivity contribution in [1.29, 1.82) is 0 Å². The summed E-state index contributed by atoms with van der Waals surface area (Å²) in [6, 6.07) is 16.1. The minimum atomic E-state index is -0.0767. The number of rotatable bonds is 6. The lowest BCUT2D eigenvalue weighted by Gasteiger charge is -2.10. The van der Waals surface area contributed by atoms with Crippen LogP contribution in [-0.2, 0) is 12.8 Å².